The highest BCUT2D eigenvalue weighted by atomic mass is 16.5. The predicted octanol–water partition coefficient (Wildman–Crippen LogP) is 2.80. The highest BCUT2D eigenvalue weighted by Gasteiger charge is 2.07. The van der Waals surface area contributed by atoms with E-state index in [2.05, 4.69) is 50.5 Å². The Morgan fingerprint density at radius 3 is 2.47 bits per heavy atom. The summed E-state index contributed by atoms with van der Waals surface area (Å²) >= 11 is 0. The Labute approximate surface area is 105 Å². The lowest BCUT2D eigenvalue weighted by Gasteiger charge is -2.21. The minimum absolute atomic E-state index is 0.165. The van der Waals surface area contributed by atoms with Crippen molar-refractivity contribution >= 4 is 5.69 Å². The maximum atomic E-state index is 5.32. The van der Waals surface area contributed by atoms with E-state index in [0.29, 0.717) is 0 Å². The zero-order valence-electron chi connectivity index (χ0n) is 11.6. The van der Waals surface area contributed by atoms with Gasteiger partial charge in [0.15, 0.2) is 0 Å². The summed E-state index contributed by atoms with van der Waals surface area (Å²) in [5.41, 5.74) is 2.46. The van der Waals surface area contributed by atoms with Gasteiger partial charge in [0.05, 0.1) is 12.8 Å². The van der Waals surface area contributed by atoms with E-state index in [1.54, 1.807) is 7.11 Å². The van der Waals surface area contributed by atoms with Gasteiger partial charge in [-0.1, -0.05) is 6.07 Å². The summed E-state index contributed by atoms with van der Waals surface area (Å²) in [5.74, 6) is 0.895. The molecule has 17 heavy (non-hydrogen) atoms. The number of ether oxygens (including phenoxy) is 1. The molecule has 0 aromatic heterocycles. The molecule has 0 saturated heterocycles. The van der Waals surface area contributed by atoms with Crippen LogP contribution in [-0.4, -0.2) is 25.7 Å². The molecule has 0 amide bonds. The van der Waals surface area contributed by atoms with Crippen LogP contribution in [0.1, 0.15) is 26.3 Å². The molecule has 96 valence electrons. The average Bonchev–Trinajstić information content (AvgIpc) is 2.23. The zero-order chi connectivity index (χ0) is 12.9. The molecule has 0 aliphatic carbocycles. The molecule has 0 heterocycles. The summed E-state index contributed by atoms with van der Waals surface area (Å²) < 4.78 is 5.32. The third-order valence-corrected chi connectivity index (χ3v) is 2.45. The van der Waals surface area contributed by atoms with Gasteiger partial charge in [-0.05, 0) is 45.4 Å². The zero-order valence-corrected chi connectivity index (χ0v) is 11.6. The molecule has 0 spiro atoms. The quantitative estimate of drug-likeness (QED) is 0.771. The van der Waals surface area contributed by atoms with E-state index in [4.69, 9.17) is 4.74 Å². The van der Waals surface area contributed by atoms with Gasteiger partial charge in [-0.3, -0.25) is 0 Å². The van der Waals surface area contributed by atoms with Gasteiger partial charge in [0, 0.05) is 18.6 Å². The van der Waals surface area contributed by atoms with E-state index in [-0.39, 0.29) is 5.54 Å². The van der Waals surface area contributed by atoms with Crippen molar-refractivity contribution in [3.05, 3.63) is 23.8 Å². The molecule has 0 fully saturated rings. The Morgan fingerprint density at radius 1 is 1.18 bits per heavy atom. The minimum atomic E-state index is 0.165. The van der Waals surface area contributed by atoms with Crippen LogP contribution in [0.25, 0.3) is 0 Å². The molecule has 1 aromatic carbocycles. The number of nitrogens with one attached hydrogen (secondary N) is 2. The Balaban J connectivity index is 2.48. The van der Waals surface area contributed by atoms with E-state index in [9.17, 15) is 0 Å². The second-order valence-electron chi connectivity index (χ2n) is 5.31. The van der Waals surface area contributed by atoms with Crippen molar-refractivity contribution < 1.29 is 4.74 Å². The molecule has 0 saturated carbocycles. The van der Waals surface area contributed by atoms with Crippen molar-refractivity contribution in [2.75, 3.05) is 25.5 Å². The van der Waals surface area contributed by atoms with E-state index in [0.717, 1.165) is 24.5 Å². The lowest BCUT2D eigenvalue weighted by atomic mass is 10.1. The first-order valence-corrected chi connectivity index (χ1v) is 6.06. The third-order valence-electron chi connectivity index (χ3n) is 2.45. The van der Waals surface area contributed by atoms with Gasteiger partial charge in [0.1, 0.15) is 5.75 Å². The van der Waals surface area contributed by atoms with Gasteiger partial charge in [-0.25, -0.2) is 0 Å². The molecule has 1 rings (SSSR count). The van der Waals surface area contributed by atoms with E-state index in [1.165, 1.54) is 5.56 Å². The SMILES string of the molecule is COc1ccc(C)cc1NCCNC(C)(C)C. The van der Waals surface area contributed by atoms with E-state index >= 15 is 0 Å². The van der Waals surface area contributed by atoms with Gasteiger partial charge in [-0.15, -0.1) is 0 Å². The van der Waals surface area contributed by atoms with Crippen LogP contribution in [0.4, 0.5) is 5.69 Å². The van der Waals surface area contributed by atoms with Crippen LogP contribution in [0.5, 0.6) is 5.75 Å². The van der Waals surface area contributed by atoms with Crippen LogP contribution in [0.15, 0.2) is 18.2 Å². The lowest BCUT2D eigenvalue weighted by Crippen LogP contribution is -2.38. The van der Waals surface area contributed by atoms with Crippen LogP contribution in [-0.2, 0) is 0 Å². The number of methoxy groups -OCH3 is 1. The van der Waals surface area contributed by atoms with Crippen LogP contribution < -0.4 is 15.4 Å². The Bertz CT molecular complexity index is 356. The Hall–Kier alpha value is -1.22. The fraction of sp³-hybridized carbons (Fsp3) is 0.571. The molecule has 0 bridgehead atoms. The summed E-state index contributed by atoms with van der Waals surface area (Å²) in [6.07, 6.45) is 0. The molecule has 0 aliphatic rings. The Morgan fingerprint density at radius 2 is 1.88 bits per heavy atom. The van der Waals surface area contributed by atoms with Crippen molar-refractivity contribution in [2.24, 2.45) is 0 Å². The fourth-order valence-electron chi connectivity index (χ4n) is 1.59. The van der Waals surface area contributed by atoms with Crippen molar-refractivity contribution in [3.63, 3.8) is 0 Å². The highest BCUT2D eigenvalue weighted by molar-refractivity contribution is 5.57. The number of anilines is 1. The molecule has 3 nitrogen and oxygen atoms in total. The van der Waals surface area contributed by atoms with Gasteiger partial charge < -0.3 is 15.4 Å². The molecule has 1 aromatic rings. The van der Waals surface area contributed by atoms with Crippen molar-refractivity contribution in [1.82, 2.24) is 5.32 Å². The largest absolute Gasteiger partial charge is 0.495 e. The first-order valence-electron chi connectivity index (χ1n) is 6.06. The molecular weight excluding hydrogens is 212 g/mol. The Kier molecular flexibility index (Phi) is 4.82. The maximum absolute atomic E-state index is 5.32. The first-order chi connectivity index (χ1) is 7.92. The number of benzene rings is 1. The minimum Gasteiger partial charge on any atom is -0.495 e. The van der Waals surface area contributed by atoms with Crippen molar-refractivity contribution in [2.45, 2.75) is 33.2 Å². The first kappa shape index (κ1) is 13.8. The molecule has 0 atom stereocenters. The van der Waals surface area contributed by atoms with E-state index in [1.807, 2.05) is 6.07 Å². The standard InChI is InChI=1S/C14H24N2O/c1-11-6-7-13(17-5)12(10-11)15-8-9-16-14(2,3)4/h6-7,10,15-16H,8-9H2,1-5H3. The summed E-state index contributed by atoms with van der Waals surface area (Å²) in [5, 5.41) is 6.83. The topological polar surface area (TPSA) is 33.3 Å². The monoisotopic (exact) mass is 236 g/mol. The predicted molar refractivity (Wildman–Crippen MR) is 74.0 cm³/mol. The summed E-state index contributed by atoms with van der Waals surface area (Å²) in [6.45, 7) is 10.4. The fourth-order valence-corrected chi connectivity index (χ4v) is 1.59. The number of hydrogen-bond acceptors (Lipinski definition) is 3. The van der Waals surface area contributed by atoms with Crippen LogP contribution >= 0.6 is 0 Å². The summed E-state index contributed by atoms with van der Waals surface area (Å²) in [7, 11) is 1.70. The number of aryl methyl sites for hydroxylation is 1. The van der Waals surface area contributed by atoms with Gasteiger partial charge in [-0.2, -0.15) is 0 Å². The van der Waals surface area contributed by atoms with Gasteiger partial charge in [0.25, 0.3) is 0 Å². The van der Waals surface area contributed by atoms with Crippen molar-refractivity contribution in [1.29, 1.82) is 0 Å². The molecule has 3 heteroatoms. The van der Waals surface area contributed by atoms with Crippen molar-refractivity contribution in [3.8, 4) is 5.75 Å². The summed E-state index contributed by atoms with van der Waals surface area (Å²) in [4.78, 5) is 0. The lowest BCUT2D eigenvalue weighted by molar-refractivity contribution is 0.415. The second kappa shape index (κ2) is 5.92. The number of hydrogen-bond donors (Lipinski definition) is 2. The molecule has 0 aliphatic heterocycles. The molecule has 0 radical (unpaired) electrons. The van der Waals surface area contributed by atoms with E-state index < -0.39 is 0 Å². The maximum Gasteiger partial charge on any atom is 0.141 e. The van der Waals surface area contributed by atoms with Crippen LogP contribution in [0.3, 0.4) is 0 Å². The van der Waals surface area contributed by atoms with Crippen LogP contribution in [0, 0.1) is 6.92 Å². The molecule has 0 unspecified atom stereocenters. The smallest absolute Gasteiger partial charge is 0.141 e. The number of rotatable bonds is 5. The van der Waals surface area contributed by atoms with Gasteiger partial charge >= 0.3 is 0 Å². The normalized spacial score (nSPS) is 11.4. The van der Waals surface area contributed by atoms with Crippen LogP contribution in [0.2, 0.25) is 0 Å². The third kappa shape index (κ3) is 5.09. The second-order valence-corrected chi connectivity index (χ2v) is 5.31. The average molecular weight is 236 g/mol. The highest BCUT2D eigenvalue weighted by Crippen LogP contribution is 2.24. The molecule has 2 N–H and O–H groups in total. The van der Waals surface area contributed by atoms with Gasteiger partial charge in [0.2, 0.25) is 0 Å². The molecular formula is C14H24N2O. The summed E-state index contributed by atoms with van der Waals surface area (Å²) in [6, 6.07) is 6.15.